The summed E-state index contributed by atoms with van der Waals surface area (Å²) in [6.07, 6.45) is 1.84. The van der Waals surface area contributed by atoms with E-state index in [4.69, 9.17) is 0 Å². The molecule has 0 heterocycles. The number of hydrogen-bond acceptors (Lipinski definition) is 1. The number of aromatic hydroxyl groups is 1. The Morgan fingerprint density at radius 3 is 1.96 bits per heavy atom. The van der Waals surface area contributed by atoms with Gasteiger partial charge in [0.15, 0.2) is 0 Å². The van der Waals surface area contributed by atoms with Gasteiger partial charge in [0.2, 0.25) is 0 Å². The number of phenolic OH excluding ortho intramolecular Hbond substituents is 1. The predicted octanol–water partition coefficient (Wildman–Crippen LogP) is 6.01. The molecule has 4 aromatic rings. The second-order valence-electron chi connectivity index (χ2n) is 5.67. The Morgan fingerprint density at radius 1 is 0.739 bits per heavy atom. The lowest BCUT2D eigenvalue weighted by Crippen LogP contribution is -1.88. The number of rotatable bonds is 2. The summed E-state index contributed by atoms with van der Waals surface area (Å²) in [6.45, 7) is 3.93. The van der Waals surface area contributed by atoms with Crippen molar-refractivity contribution in [2.75, 3.05) is 0 Å². The normalized spacial score (nSPS) is 11.0. The fraction of sp³-hybridized carbons (Fsp3) is 0. The van der Waals surface area contributed by atoms with Crippen LogP contribution in [0.25, 0.3) is 38.7 Å². The molecule has 0 fully saturated rings. The molecule has 110 valence electrons. The van der Waals surface area contributed by atoms with Crippen LogP contribution in [0.5, 0.6) is 5.75 Å². The topological polar surface area (TPSA) is 20.2 Å². The fourth-order valence-corrected chi connectivity index (χ4v) is 3.24. The van der Waals surface area contributed by atoms with E-state index in [1.165, 1.54) is 21.5 Å². The second kappa shape index (κ2) is 5.29. The van der Waals surface area contributed by atoms with Gasteiger partial charge in [0.05, 0.1) is 0 Å². The van der Waals surface area contributed by atoms with Gasteiger partial charge in [-0.05, 0) is 56.4 Å². The van der Waals surface area contributed by atoms with E-state index in [1.54, 1.807) is 6.07 Å². The Labute approximate surface area is 135 Å². The largest absolute Gasteiger partial charge is 0.508 e. The van der Waals surface area contributed by atoms with Crippen molar-refractivity contribution in [3.05, 3.63) is 84.9 Å². The molecule has 4 aromatic carbocycles. The molecule has 0 saturated heterocycles. The molecule has 0 bridgehead atoms. The van der Waals surface area contributed by atoms with Gasteiger partial charge in [0.25, 0.3) is 0 Å². The number of benzene rings is 4. The van der Waals surface area contributed by atoms with Gasteiger partial charge in [-0.1, -0.05) is 67.3 Å². The van der Waals surface area contributed by atoms with Crippen LogP contribution in [0.2, 0.25) is 0 Å². The van der Waals surface area contributed by atoms with Crippen molar-refractivity contribution in [1.82, 2.24) is 0 Å². The Morgan fingerprint density at radius 2 is 1.35 bits per heavy atom. The molecule has 1 heteroatoms. The van der Waals surface area contributed by atoms with Crippen molar-refractivity contribution in [2.24, 2.45) is 0 Å². The van der Waals surface area contributed by atoms with Gasteiger partial charge in [-0.3, -0.25) is 0 Å². The van der Waals surface area contributed by atoms with Crippen LogP contribution in [0.4, 0.5) is 0 Å². The maximum Gasteiger partial charge on any atom is 0.116 e. The lowest BCUT2D eigenvalue weighted by molar-refractivity contribution is 0.475. The number of fused-ring (bicyclic) bond motifs is 2. The van der Waals surface area contributed by atoms with E-state index in [0.29, 0.717) is 0 Å². The minimum Gasteiger partial charge on any atom is -0.508 e. The Bertz CT molecular complexity index is 990. The highest BCUT2D eigenvalue weighted by atomic mass is 16.3. The van der Waals surface area contributed by atoms with E-state index in [1.807, 2.05) is 18.2 Å². The molecule has 1 N–H and O–H groups in total. The van der Waals surface area contributed by atoms with Gasteiger partial charge < -0.3 is 5.11 Å². The van der Waals surface area contributed by atoms with Gasteiger partial charge in [0.1, 0.15) is 5.75 Å². The zero-order chi connectivity index (χ0) is 15.8. The average Bonchev–Trinajstić information content (AvgIpc) is 2.59. The van der Waals surface area contributed by atoms with E-state index in [0.717, 1.165) is 16.7 Å². The van der Waals surface area contributed by atoms with E-state index >= 15 is 0 Å². The van der Waals surface area contributed by atoms with Gasteiger partial charge in [-0.15, -0.1) is 0 Å². The van der Waals surface area contributed by atoms with Crippen LogP contribution in [-0.4, -0.2) is 5.11 Å². The van der Waals surface area contributed by atoms with Gasteiger partial charge in [-0.25, -0.2) is 0 Å². The molecule has 0 atom stereocenters. The molecule has 0 aliphatic rings. The second-order valence-corrected chi connectivity index (χ2v) is 5.67. The monoisotopic (exact) mass is 296 g/mol. The number of phenols is 1. The maximum absolute atomic E-state index is 10.0. The Balaban J connectivity index is 2.24. The van der Waals surface area contributed by atoms with E-state index < -0.39 is 0 Å². The molecule has 0 aliphatic heterocycles. The first-order chi connectivity index (χ1) is 11.3. The van der Waals surface area contributed by atoms with Crippen LogP contribution in [0, 0.1) is 0 Å². The molecule has 0 aliphatic carbocycles. The Kier molecular flexibility index (Phi) is 3.13. The first-order valence-electron chi connectivity index (χ1n) is 7.64. The summed E-state index contributed by atoms with van der Waals surface area (Å²) in [7, 11) is 0. The zero-order valence-corrected chi connectivity index (χ0v) is 12.7. The molecule has 4 rings (SSSR count). The summed E-state index contributed by atoms with van der Waals surface area (Å²) in [5, 5.41) is 14.8. The third kappa shape index (κ3) is 2.18. The highest BCUT2D eigenvalue weighted by molar-refractivity contribution is 6.13. The minimum absolute atomic E-state index is 0.266. The molecule has 0 aromatic heterocycles. The van der Waals surface area contributed by atoms with E-state index in [-0.39, 0.29) is 5.75 Å². The van der Waals surface area contributed by atoms with Gasteiger partial charge in [0, 0.05) is 0 Å². The molecule has 1 nitrogen and oxygen atoms in total. The molecule has 0 amide bonds. The van der Waals surface area contributed by atoms with Crippen molar-refractivity contribution >= 4 is 27.6 Å². The molecule has 0 saturated carbocycles. The molecule has 0 spiro atoms. The lowest BCUT2D eigenvalue weighted by Gasteiger charge is -2.14. The summed E-state index contributed by atoms with van der Waals surface area (Å²) in [5.74, 6) is 0.266. The van der Waals surface area contributed by atoms with Crippen molar-refractivity contribution in [1.29, 1.82) is 0 Å². The Hall–Kier alpha value is -3.06. The summed E-state index contributed by atoms with van der Waals surface area (Å²) in [5.41, 5.74) is 3.17. The highest BCUT2D eigenvalue weighted by Gasteiger charge is 2.12. The summed E-state index contributed by atoms with van der Waals surface area (Å²) in [6, 6.07) is 24.4. The fourth-order valence-electron chi connectivity index (χ4n) is 3.24. The van der Waals surface area contributed by atoms with Crippen LogP contribution in [-0.2, 0) is 0 Å². The van der Waals surface area contributed by atoms with Crippen LogP contribution < -0.4 is 0 Å². The standard InChI is InChI=1S/C22H16O/c1-2-15-11-12-18(23)14-21(15)22-19-9-5-3-7-16(19)13-17-8-4-6-10-20(17)22/h2-14,23H,1H2. The highest BCUT2D eigenvalue weighted by Crippen LogP contribution is 2.39. The lowest BCUT2D eigenvalue weighted by atomic mass is 9.89. The maximum atomic E-state index is 10.0. The van der Waals surface area contributed by atoms with Crippen LogP contribution in [0.15, 0.2) is 79.4 Å². The van der Waals surface area contributed by atoms with Crippen molar-refractivity contribution in [3.8, 4) is 16.9 Å². The first-order valence-corrected chi connectivity index (χ1v) is 7.64. The first kappa shape index (κ1) is 13.6. The molecule has 0 unspecified atom stereocenters. The smallest absolute Gasteiger partial charge is 0.116 e. The third-order valence-electron chi connectivity index (χ3n) is 4.30. The number of hydrogen-bond donors (Lipinski definition) is 1. The average molecular weight is 296 g/mol. The molecule has 0 radical (unpaired) electrons. The van der Waals surface area contributed by atoms with E-state index in [2.05, 4.69) is 61.2 Å². The van der Waals surface area contributed by atoms with Crippen LogP contribution in [0.3, 0.4) is 0 Å². The van der Waals surface area contributed by atoms with Gasteiger partial charge >= 0.3 is 0 Å². The summed E-state index contributed by atoms with van der Waals surface area (Å²) < 4.78 is 0. The predicted molar refractivity (Wildman–Crippen MR) is 98.6 cm³/mol. The van der Waals surface area contributed by atoms with Crippen molar-refractivity contribution in [3.63, 3.8) is 0 Å². The SMILES string of the molecule is C=Cc1ccc(O)cc1-c1c2ccccc2cc2ccccc12. The van der Waals surface area contributed by atoms with Gasteiger partial charge in [-0.2, -0.15) is 0 Å². The molecular weight excluding hydrogens is 280 g/mol. The summed E-state index contributed by atoms with van der Waals surface area (Å²) in [4.78, 5) is 0. The van der Waals surface area contributed by atoms with E-state index in [9.17, 15) is 5.11 Å². The summed E-state index contributed by atoms with van der Waals surface area (Å²) >= 11 is 0. The minimum atomic E-state index is 0.266. The third-order valence-corrected chi connectivity index (χ3v) is 4.30. The zero-order valence-electron chi connectivity index (χ0n) is 12.7. The van der Waals surface area contributed by atoms with Crippen LogP contribution >= 0.6 is 0 Å². The van der Waals surface area contributed by atoms with Crippen molar-refractivity contribution < 1.29 is 5.11 Å². The molecule has 23 heavy (non-hydrogen) atoms. The van der Waals surface area contributed by atoms with Crippen LogP contribution in [0.1, 0.15) is 5.56 Å². The van der Waals surface area contributed by atoms with Crippen molar-refractivity contribution in [2.45, 2.75) is 0 Å². The quantitative estimate of drug-likeness (QED) is 0.449. The molecular formula is C22H16O.